The monoisotopic (exact) mass is 282 g/mol. The van der Waals surface area contributed by atoms with Crippen LogP contribution in [0.1, 0.15) is 10.6 Å². The van der Waals surface area contributed by atoms with Gasteiger partial charge in [-0.25, -0.2) is 0 Å². The predicted octanol–water partition coefficient (Wildman–Crippen LogP) is 3.28. The quantitative estimate of drug-likeness (QED) is 0.772. The van der Waals surface area contributed by atoms with Crippen molar-refractivity contribution >= 4 is 28.3 Å². The van der Waals surface area contributed by atoms with E-state index in [1.807, 2.05) is 24.3 Å². The van der Waals surface area contributed by atoms with E-state index in [-0.39, 0.29) is 5.76 Å². The second-order valence-corrected chi connectivity index (χ2v) is 4.50. The molecule has 2 aromatic carbocycles. The SMILES string of the molecule is COc1ccccc1NC(=O)c1oc2ccccc2c1N. The highest BCUT2D eigenvalue weighted by molar-refractivity contribution is 6.11. The molecule has 5 heteroatoms. The van der Waals surface area contributed by atoms with Gasteiger partial charge in [0.25, 0.3) is 5.91 Å². The Bertz CT molecular complexity index is 808. The third-order valence-electron chi connectivity index (χ3n) is 3.20. The maximum atomic E-state index is 12.3. The molecule has 3 aromatic rings. The number of furan rings is 1. The molecule has 0 fully saturated rings. The van der Waals surface area contributed by atoms with Crippen LogP contribution in [-0.4, -0.2) is 13.0 Å². The molecule has 106 valence electrons. The van der Waals surface area contributed by atoms with E-state index >= 15 is 0 Å². The molecule has 0 spiro atoms. The molecule has 0 radical (unpaired) electrons. The Morgan fingerprint density at radius 3 is 2.62 bits per heavy atom. The number of nitrogens with two attached hydrogens (primary N) is 1. The third-order valence-corrected chi connectivity index (χ3v) is 3.20. The number of anilines is 2. The van der Waals surface area contributed by atoms with Gasteiger partial charge in [-0.2, -0.15) is 0 Å². The van der Waals surface area contributed by atoms with Crippen LogP contribution in [0.15, 0.2) is 52.9 Å². The standard InChI is InChI=1S/C16H14N2O3/c1-20-13-9-5-3-7-11(13)18-16(19)15-14(17)10-6-2-4-8-12(10)21-15/h2-9H,17H2,1H3,(H,18,19). The third kappa shape index (κ3) is 2.29. The number of methoxy groups -OCH3 is 1. The van der Waals surface area contributed by atoms with Gasteiger partial charge in [0, 0.05) is 5.39 Å². The van der Waals surface area contributed by atoms with Crippen molar-refractivity contribution in [3.8, 4) is 5.75 Å². The number of nitrogen functional groups attached to an aromatic ring is 1. The average molecular weight is 282 g/mol. The van der Waals surface area contributed by atoms with Crippen molar-refractivity contribution in [2.24, 2.45) is 0 Å². The van der Waals surface area contributed by atoms with Gasteiger partial charge in [0.15, 0.2) is 0 Å². The van der Waals surface area contributed by atoms with Gasteiger partial charge in [-0.15, -0.1) is 0 Å². The maximum Gasteiger partial charge on any atom is 0.293 e. The lowest BCUT2D eigenvalue weighted by Gasteiger charge is -2.08. The van der Waals surface area contributed by atoms with Gasteiger partial charge in [-0.05, 0) is 24.3 Å². The van der Waals surface area contributed by atoms with Gasteiger partial charge in [0.05, 0.1) is 18.5 Å². The number of carbonyl (C=O) groups excluding carboxylic acids is 1. The van der Waals surface area contributed by atoms with Crippen LogP contribution in [0.3, 0.4) is 0 Å². The lowest BCUT2D eigenvalue weighted by Crippen LogP contribution is -2.13. The molecule has 3 N–H and O–H groups in total. The summed E-state index contributed by atoms with van der Waals surface area (Å²) in [5, 5.41) is 3.47. The van der Waals surface area contributed by atoms with Gasteiger partial charge in [-0.3, -0.25) is 4.79 Å². The summed E-state index contributed by atoms with van der Waals surface area (Å²) in [5.74, 6) is 0.260. The van der Waals surface area contributed by atoms with E-state index in [4.69, 9.17) is 14.9 Å². The first-order valence-electron chi connectivity index (χ1n) is 6.42. The summed E-state index contributed by atoms with van der Waals surface area (Å²) in [5.41, 5.74) is 7.45. The van der Waals surface area contributed by atoms with E-state index in [9.17, 15) is 4.79 Å². The van der Waals surface area contributed by atoms with E-state index < -0.39 is 5.91 Å². The van der Waals surface area contributed by atoms with E-state index in [1.165, 1.54) is 0 Å². The average Bonchev–Trinajstić information content (AvgIpc) is 2.85. The lowest BCUT2D eigenvalue weighted by atomic mass is 10.2. The molecule has 0 atom stereocenters. The molecule has 21 heavy (non-hydrogen) atoms. The molecule has 0 unspecified atom stereocenters. The van der Waals surface area contributed by atoms with Crippen LogP contribution in [-0.2, 0) is 0 Å². The van der Waals surface area contributed by atoms with Gasteiger partial charge in [0.1, 0.15) is 11.3 Å². The van der Waals surface area contributed by atoms with Crippen LogP contribution in [0.5, 0.6) is 5.75 Å². The van der Waals surface area contributed by atoms with Crippen LogP contribution in [0.4, 0.5) is 11.4 Å². The first-order chi connectivity index (χ1) is 10.2. The van der Waals surface area contributed by atoms with Crippen molar-refractivity contribution in [1.29, 1.82) is 0 Å². The number of benzene rings is 2. The summed E-state index contributed by atoms with van der Waals surface area (Å²) in [4.78, 5) is 12.3. The van der Waals surface area contributed by atoms with Crippen LogP contribution < -0.4 is 15.8 Å². The molecule has 1 heterocycles. The Labute approximate surface area is 121 Å². The van der Waals surface area contributed by atoms with Gasteiger partial charge < -0.3 is 20.2 Å². The summed E-state index contributed by atoms with van der Waals surface area (Å²) < 4.78 is 10.7. The highest BCUT2D eigenvalue weighted by Gasteiger charge is 2.19. The predicted molar refractivity (Wildman–Crippen MR) is 81.6 cm³/mol. The number of rotatable bonds is 3. The molecule has 0 aliphatic carbocycles. The number of carbonyl (C=O) groups is 1. The van der Waals surface area contributed by atoms with Crippen LogP contribution in [0, 0.1) is 0 Å². The zero-order valence-corrected chi connectivity index (χ0v) is 11.4. The fraction of sp³-hybridized carbons (Fsp3) is 0.0625. The Balaban J connectivity index is 1.96. The fourth-order valence-corrected chi connectivity index (χ4v) is 2.16. The van der Waals surface area contributed by atoms with Crippen molar-refractivity contribution in [3.63, 3.8) is 0 Å². The Hall–Kier alpha value is -2.95. The first kappa shape index (κ1) is 13.1. The minimum atomic E-state index is -0.409. The molecule has 0 aliphatic heterocycles. The van der Waals surface area contributed by atoms with Gasteiger partial charge >= 0.3 is 0 Å². The number of hydrogen-bond donors (Lipinski definition) is 2. The van der Waals surface area contributed by atoms with Crippen LogP contribution in [0.25, 0.3) is 11.0 Å². The zero-order chi connectivity index (χ0) is 14.8. The summed E-state index contributed by atoms with van der Waals surface area (Å²) in [6.45, 7) is 0. The van der Waals surface area contributed by atoms with Crippen molar-refractivity contribution in [1.82, 2.24) is 0 Å². The number of fused-ring (bicyclic) bond motifs is 1. The van der Waals surface area contributed by atoms with Crippen molar-refractivity contribution in [3.05, 3.63) is 54.3 Å². The Kier molecular flexibility index (Phi) is 3.23. The second-order valence-electron chi connectivity index (χ2n) is 4.50. The number of para-hydroxylation sites is 3. The van der Waals surface area contributed by atoms with Crippen molar-refractivity contribution in [2.75, 3.05) is 18.2 Å². The summed E-state index contributed by atoms with van der Waals surface area (Å²) in [6, 6.07) is 14.4. The number of hydrogen-bond acceptors (Lipinski definition) is 4. The molecule has 5 nitrogen and oxygen atoms in total. The molecule has 0 aliphatic rings. The molecule has 3 rings (SSSR count). The van der Waals surface area contributed by atoms with E-state index in [2.05, 4.69) is 5.32 Å². The fourth-order valence-electron chi connectivity index (χ4n) is 2.16. The Morgan fingerprint density at radius 2 is 1.86 bits per heavy atom. The summed E-state index contributed by atoms with van der Waals surface area (Å²) in [6.07, 6.45) is 0. The Morgan fingerprint density at radius 1 is 1.14 bits per heavy atom. The topological polar surface area (TPSA) is 77.5 Å². The summed E-state index contributed by atoms with van der Waals surface area (Å²) >= 11 is 0. The first-order valence-corrected chi connectivity index (χ1v) is 6.42. The molecule has 1 amide bonds. The summed E-state index contributed by atoms with van der Waals surface area (Å²) in [7, 11) is 1.54. The number of ether oxygens (including phenoxy) is 1. The van der Waals surface area contributed by atoms with E-state index in [0.717, 1.165) is 5.39 Å². The highest BCUT2D eigenvalue weighted by atomic mass is 16.5. The van der Waals surface area contributed by atoms with Crippen molar-refractivity contribution < 1.29 is 13.9 Å². The smallest absolute Gasteiger partial charge is 0.293 e. The van der Waals surface area contributed by atoms with Crippen LogP contribution in [0.2, 0.25) is 0 Å². The molecule has 0 saturated carbocycles. The number of amides is 1. The lowest BCUT2D eigenvalue weighted by molar-refractivity contribution is 0.0999. The molecule has 0 bridgehead atoms. The van der Waals surface area contributed by atoms with Gasteiger partial charge in [0.2, 0.25) is 5.76 Å². The van der Waals surface area contributed by atoms with E-state index in [0.29, 0.717) is 22.7 Å². The van der Waals surface area contributed by atoms with Crippen molar-refractivity contribution in [2.45, 2.75) is 0 Å². The molecular formula is C16H14N2O3. The molecule has 1 aromatic heterocycles. The molecule has 0 saturated heterocycles. The van der Waals surface area contributed by atoms with Crippen LogP contribution >= 0.6 is 0 Å². The van der Waals surface area contributed by atoms with E-state index in [1.54, 1.807) is 31.4 Å². The molecular weight excluding hydrogens is 268 g/mol. The largest absolute Gasteiger partial charge is 0.495 e. The normalized spacial score (nSPS) is 10.5. The second kappa shape index (κ2) is 5.20. The highest BCUT2D eigenvalue weighted by Crippen LogP contribution is 2.30. The minimum absolute atomic E-state index is 0.0992. The zero-order valence-electron chi connectivity index (χ0n) is 11.4. The van der Waals surface area contributed by atoms with Gasteiger partial charge in [-0.1, -0.05) is 24.3 Å². The minimum Gasteiger partial charge on any atom is -0.495 e. The number of nitrogens with one attached hydrogen (secondary N) is 1. The maximum absolute atomic E-state index is 12.3.